The van der Waals surface area contributed by atoms with Crippen LogP contribution in [0.25, 0.3) is 0 Å². The highest BCUT2D eigenvalue weighted by Gasteiger charge is 2.31. The highest BCUT2D eigenvalue weighted by atomic mass is 35.5. The Morgan fingerprint density at radius 3 is 2.38 bits per heavy atom. The van der Waals surface area contributed by atoms with Crippen LogP contribution in [-0.4, -0.2) is 48.3 Å². The second-order valence-corrected chi connectivity index (χ2v) is 9.64. The Bertz CT molecular complexity index is 1090. The Morgan fingerprint density at radius 2 is 1.76 bits per heavy atom. The number of hydrogen-bond acceptors (Lipinski definition) is 4. The molecule has 2 aromatic carbocycles. The highest BCUT2D eigenvalue weighted by Crippen LogP contribution is 2.29. The van der Waals surface area contributed by atoms with E-state index in [1.807, 2.05) is 24.3 Å². The van der Waals surface area contributed by atoms with Crippen LogP contribution in [0.2, 0.25) is 5.02 Å². The zero-order valence-electron chi connectivity index (χ0n) is 20.2. The molecule has 1 fully saturated rings. The molecule has 0 spiro atoms. The van der Waals surface area contributed by atoms with Crippen molar-refractivity contribution in [2.24, 2.45) is 11.7 Å². The van der Waals surface area contributed by atoms with Crippen LogP contribution in [0.5, 0.6) is 0 Å². The third-order valence-corrected chi connectivity index (χ3v) is 6.60. The number of nitrogens with zero attached hydrogens (tertiary/aromatic N) is 1. The van der Waals surface area contributed by atoms with Crippen LogP contribution in [0.3, 0.4) is 0 Å². The SMILES string of the molecule is NC(=O)CCC(NC(=O)c1cccc(C(F)(F)F)c1)C(=O)NCC1CCN(Cc2ccc(Cl)cc2)CC1. The summed E-state index contributed by atoms with van der Waals surface area (Å²) in [6.45, 7) is 2.92. The summed E-state index contributed by atoms with van der Waals surface area (Å²) >= 11 is 5.94. The smallest absolute Gasteiger partial charge is 0.370 e. The average molecular weight is 539 g/mol. The van der Waals surface area contributed by atoms with Crippen LogP contribution in [0.1, 0.15) is 47.2 Å². The Balaban J connectivity index is 1.52. The number of alkyl halides is 3. The summed E-state index contributed by atoms with van der Waals surface area (Å²) in [4.78, 5) is 39.0. The normalized spacial score (nSPS) is 15.7. The van der Waals surface area contributed by atoms with Gasteiger partial charge < -0.3 is 16.4 Å². The molecule has 1 aliphatic heterocycles. The predicted molar refractivity (Wildman–Crippen MR) is 134 cm³/mol. The molecular weight excluding hydrogens is 509 g/mol. The Labute approximate surface area is 218 Å². The molecule has 3 rings (SSSR count). The van der Waals surface area contributed by atoms with Crippen molar-refractivity contribution < 1.29 is 27.6 Å². The first kappa shape index (κ1) is 28.5. The number of carbonyl (C=O) groups is 3. The van der Waals surface area contributed by atoms with E-state index in [1.54, 1.807) is 0 Å². The predicted octanol–water partition coefficient (Wildman–Crippen LogP) is 3.75. The van der Waals surface area contributed by atoms with E-state index in [-0.39, 0.29) is 24.3 Å². The van der Waals surface area contributed by atoms with Crippen LogP contribution in [0.15, 0.2) is 48.5 Å². The molecule has 0 radical (unpaired) electrons. The molecule has 0 aliphatic carbocycles. The van der Waals surface area contributed by atoms with Gasteiger partial charge in [-0.3, -0.25) is 19.3 Å². The lowest BCUT2D eigenvalue weighted by Crippen LogP contribution is -2.48. The van der Waals surface area contributed by atoms with E-state index in [4.69, 9.17) is 17.3 Å². The average Bonchev–Trinajstić information content (AvgIpc) is 2.86. The van der Waals surface area contributed by atoms with Gasteiger partial charge in [-0.25, -0.2) is 0 Å². The second-order valence-electron chi connectivity index (χ2n) is 9.20. The number of hydrogen-bond donors (Lipinski definition) is 3. The minimum atomic E-state index is -4.61. The van der Waals surface area contributed by atoms with E-state index >= 15 is 0 Å². The molecule has 0 bridgehead atoms. The summed E-state index contributed by atoms with van der Waals surface area (Å²) in [6.07, 6.45) is -3.09. The van der Waals surface area contributed by atoms with Crippen LogP contribution in [-0.2, 0) is 22.3 Å². The monoisotopic (exact) mass is 538 g/mol. The molecule has 0 saturated carbocycles. The number of halogens is 4. The largest absolute Gasteiger partial charge is 0.416 e. The first-order valence-corrected chi connectivity index (χ1v) is 12.4. The summed E-state index contributed by atoms with van der Waals surface area (Å²) in [5.74, 6) is -1.77. The molecule has 1 heterocycles. The van der Waals surface area contributed by atoms with E-state index in [0.29, 0.717) is 11.6 Å². The maximum Gasteiger partial charge on any atom is 0.416 e. The Morgan fingerprint density at radius 1 is 1.08 bits per heavy atom. The number of likely N-dealkylation sites (tertiary alicyclic amines) is 1. The van der Waals surface area contributed by atoms with Crippen molar-refractivity contribution in [2.75, 3.05) is 19.6 Å². The molecule has 1 saturated heterocycles. The van der Waals surface area contributed by atoms with Crippen LogP contribution in [0.4, 0.5) is 13.2 Å². The molecular formula is C26H30ClF3N4O3. The number of primary amides is 1. The first-order chi connectivity index (χ1) is 17.5. The van der Waals surface area contributed by atoms with Gasteiger partial charge in [0.25, 0.3) is 5.91 Å². The summed E-state index contributed by atoms with van der Waals surface area (Å²) in [5, 5.41) is 5.96. The van der Waals surface area contributed by atoms with Crippen molar-refractivity contribution in [1.82, 2.24) is 15.5 Å². The number of benzene rings is 2. The lowest BCUT2D eigenvalue weighted by atomic mass is 9.96. The zero-order chi connectivity index (χ0) is 27.0. The third-order valence-electron chi connectivity index (χ3n) is 6.34. The lowest BCUT2D eigenvalue weighted by molar-refractivity contribution is -0.137. The van der Waals surface area contributed by atoms with E-state index < -0.39 is 35.5 Å². The summed E-state index contributed by atoms with van der Waals surface area (Å²) in [6, 6.07) is 10.5. The molecule has 7 nitrogen and oxygen atoms in total. The number of nitrogens with two attached hydrogens (primary N) is 1. The molecule has 4 N–H and O–H groups in total. The fourth-order valence-corrected chi connectivity index (χ4v) is 4.32. The van der Waals surface area contributed by atoms with Crippen molar-refractivity contribution in [3.05, 3.63) is 70.2 Å². The number of piperidine rings is 1. The quantitative estimate of drug-likeness (QED) is 0.428. The molecule has 1 unspecified atom stereocenters. The first-order valence-electron chi connectivity index (χ1n) is 12.0. The standard InChI is InChI=1S/C26H30ClF3N4O3/c27-21-6-4-18(5-7-21)16-34-12-10-17(11-13-34)15-32-25(37)22(8-9-23(31)35)33-24(36)19-2-1-3-20(14-19)26(28,29)30/h1-7,14,17,22H,8-13,15-16H2,(H2,31,35)(H,32,37)(H,33,36). The topological polar surface area (TPSA) is 105 Å². The third kappa shape index (κ3) is 9.05. The maximum absolute atomic E-state index is 13.0. The fraction of sp³-hybridized carbons (Fsp3) is 0.423. The van der Waals surface area contributed by atoms with Gasteiger partial charge in [0, 0.05) is 30.1 Å². The van der Waals surface area contributed by atoms with Crippen molar-refractivity contribution in [3.8, 4) is 0 Å². The van der Waals surface area contributed by atoms with Gasteiger partial charge in [0.05, 0.1) is 5.56 Å². The van der Waals surface area contributed by atoms with Crippen LogP contribution in [0, 0.1) is 5.92 Å². The summed E-state index contributed by atoms with van der Waals surface area (Å²) in [5.41, 5.74) is 5.16. The number of amides is 3. The van der Waals surface area contributed by atoms with Gasteiger partial charge >= 0.3 is 6.18 Å². The molecule has 2 aromatic rings. The van der Waals surface area contributed by atoms with Gasteiger partial charge in [0.2, 0.25) is 11.8 Å². The molecule has 1 aliphatic rings. The highest BCUT2D eigenvalue weighted by molar-refractivity contribution is 6.30. The summed E-state index contributed by atoms with van der Waals surface area (Å²) < 4.78 is 39.0. The van der Waals surface area contributed by atoms with Crippen LogP contribution < -0.4 is 16.4 Å². The van der Waals surface area contributed by atoms with E-state index in [2.05, 4.69) is 15.5 Å². The molecule has 1 atom stereocenters. The zero-order valence-corrected chi connectivity index (χ0v) is 20.9. The van der Waals surface area contributed by atoms with E-state index in [0.717, 1.165) is 50.7 Å². The Kier molecular flexibility index (Phi) is 9.93. The fourth-order valence-electron chi connectivity index (χ4n) is 4.20. The molecule has 11 heteroatoms. The minimum Gasteiger partial charge on any atom is -0.370 e. The molecule has 200 valence electrons. The van der Waals surface area contributed by atoms with Gasteiger partial charge in [-0.05, 0) is 74.2 Å². The molecule has 0 aromatic heterocycles. The van der Waals surface area contributed by atoms with E-state index in [9.17, 15) is 27.6 Å². The van der Waals surface area contributed by atoms with Gasteiger partial charge in [0.15, 0.2) is 0 Å². The molecule has 37 heavy (non-hydrogen) atoms. The molecule has 3 amide bonds. The summed E-state index contributed by atoms with van der Waals surface area (Å²) in [7, 11) is 0. The maximum atomic E-state index is 13.0. The van der Waals surface area contributed by atoms with E-state index in [1.165, 1.54) is 11.6 Å². The second kappa shape index (κ2) is 12.9. The number of nitrogens with one attached hydrogen (secondary N) is 2. The van der Waals surface area contributed by atoms with Gasteiger partial charge in [0.1, 0.15) is 6.04 Å². The Hall–Kier alpha value is -3.11. The number of carbonyl (C=O) groups excluding carboxylic acids is 3. The van der Waals surface area contributed by atoms with Gasteiger partial charge in [-0.1, -0.05) is 29.8 Å². The van der Waals surface area contributed by atoms with Crippen molar-refractivity contribution >= 4 is 29.3 Å². The van der Waals surface area contributed by atoms with Crippen molar-refractivity contribution in [3.63, 3.8) is 0 Å². The van der Waals surface area contributed by atoms with Crippen molar-refractivity contribution in [1.29, 1.82) is 0 Å². The van der Waals surface area contributed by atoms with Crippen LogP contribution >= 0.6 is 11.6 Å². The lowest BCUT2D eigenvalue weighted by Gasteiger charge is -2.32. The van der Waals surface area contributed by atoms with Gasteiger partial charge in [-0.2, -0.15) is 13.2 Å². The minimum absolute atomic E-state index is 0.0641. The van der Waals surface area contributed by atoms with Gasteiger partial charge in [-0.15, -0.1) is 0 Å². The number of rotatable bonds is 10. The van der Waals surface area contributed by atoms with Crippen molar-refractivity contribution in [2.45, 2.75) is 44.4 Å².